The molecule has 1 heterocycles. The number of unbranched alkanes of at least 4 members (excludes halogenated alkanes) is 1. The van der Waals surface area contributed by atoms with E-state index in [1.165, 1.54) is 25.7 Å². The Morgan fingerprint density at radius 2 is 1.11 bits per heavy atom. The Labute approximate surface area is 431 Å². The van der Waals surface area contributed by atoms with Crippen molar-refractivity contribution in [2.45, 2.75) is 201 Å². The topological polar surface area (TPSA) is 367 Å². The SMILES string of the molecule is CCC[C@H](NC(=O)[C@@H](NC(=O)[C@H](NC(=O)[C@@H](NC(C)=O)C(C)C)[C@@H](C)CC)[C@@H](C)O)C(=O)N[C@H](C(=O)N[C@@H](CCCN=C(N)N)C(=O)N1CCC[C@H]1C(=O)N[C@@H](CCCCNC(C)=O)C(=O)NCC)[C@@H](C)CC. The zero-order valence-electron chi connectivity index (χ0n) is 45.1. The highest BCUT2D eigenvalue weighted by atomic mass is 16.3. The van der Waals surface area contributed by atoms with Crippen LogP contribution in [0, 0.1) is 17.8 Å². The molecule has 24 nitrogen and oxygen atoms in total. The zero-order valence-corrected chi connectivity index (χ0v) is 45.1. The van der Waals surface area contributed by atoms with Crippen LogP contribution in [0.4, 0.5) is 0 Å². The lowest BCUT2D eigenvalue weighted by molar-refractivity contribution is -0.143. The van der Waals surface area contributed by atoms with Gasteiger partial charge >= 0.3 is 0 Å². The molecule has 0 aromatic rings. The molecule has 0 radical (unpaired) electrons. The highest BCUT2D eigenvalue weighted by Crippen LogP contribution is 2.21. The Kier molecular flexibility index (Phi) is 29.9. The molecular weight excluding hydrogens is 947 g/mol. The summed E-state index contributed by atoms with van der Waals surface area (Å²) in [5.41, 5.74) is 11.1. The first-order chi connectivity index (χ1) is 34.3. The number of likely N-dealkylation sites (N-methyl/N-ethyl adjacent to an activating group) is 1. The molecule has 1 fully saturated rings. The summed E-state index contributed by atoms with van der Waals surface area (Å²) in [4.78, 5) is 140. The van der Waals surface area contributed by atoms with Crippen molar-refractivity contribution >= 4 is 65.0 Å². The van der Waals surface area contributed by atoms with Crippen molar-refractivity contribution in [1.82, 2.24) is 52.8 Å². The largest absolute Gasteiger partial charge is 0.391 e. The maximum atomic E-state index is 14.5. The van der Waals surface area contributed by atoms with E-state index < -0.39 is 119 Å². The zero-order chi connectivity index (χ0) is 55.5. The first kappa shape index (κ1) is 64.9. The number of aliphatic hydroxyl groups excluding tert-OH is 1. The third-order valence-electron chi connectivity index (χ3n) is 12.8. The van der Waals surface area contributed by atoms with Gasteiger partial charge in [0.15, 0.2) is 5.96 Å². The lowest BCUT2D eigenvalue weighted by Gasteiger charge is -2.32. The molecule has 1 rings (SSSR count). The quantitative estimate of drug-likeness (QED) is 0.0210. The van der Waals surface area contributed by atoms with Gasteiger partial charge in [-0.2, -0.15) is 0 Å². The lowest BCUT2D eigenvalue weighted by atomic mass is 9.95. The molecule has 0 bridgehead atoms. The van der Waals surface area contributed by atoms with E-state index in [9.17, 15) is 53.1 Å². The molecule has 0 aromatic heterocycles. The van der Waals surface area contributed by atoms with Gasteiger partial charge in [0, 0.05) is 40.0 Å². The summed E-state index contributed by atoms with van der Waals surface area (Å²) >= 11 is 0. The number of aliphatic imine (C=N–C) groups is 1. The van der Waals surface area contributed by atoms with E-state index in [1.54, 1.807) is 55.4 Å². The van der Waals surface area contributed by atoms with Gasteiger partial charge in [0.25, 0.3) is 0 Å². The lowest BCUT2D eigenvalue weighted by Crippen LogP contribution is -2.63. The van der Waals surface area contributed by atoms with Crippen LogP contribution in [-0.4, -0.2) is 156 Å². The predicted molar refractivity (Wildman–Crippen MR) is 275 cm³/mol. The minimum Gasteiger partial charge on any atom is -0.391 e. The number of nitrogens with two attached hydrogens (primary N) is 2. The highest BCUT2D eigenvalue weighted by Gasteiger charge is 2.41. The average molecular weight is 1040 g/mol. The van der Waals surface area contributed by atoms with Crippen molar-refractivity contribution in [2.75, 3.05) is 26.2 Å². The Balaban J connectivity index is 3.43. The summed E-state index contributed by atoms with van der Waals surface area (Å²) in [5, 5.41) is 35.1. The molecule has 1 aliphatic rings. The van der Waals surface area contributed by atoms with Crippen molar-refractivity contribution in [2.24, 2.45) is 34.2 Å². The van der Waals surface area contributed by atoms with Gasteiger partial charge in [-0.25, -0.2) is 0 Å². The van der Waals surface area contributed by atoms with E-state index in [-0.39, 0.29) is 56.6 Å². The van der Waals surface area contributed by atoms with E-state index in [4.69, 9.17) is 11.5 Å². The molecule has 24 heteroatoms. The van der Waals surface area contributed by atoms with Crippen LogP contribution in [0.1, 0.15) is 147 Å². The monoisotopic (exact) mass is 1040 g/mol. The number of aliphatic hydroxyl groups is 1. The van der Waals surface area contributed by atoms with Crippen LogP contribution in [0.5, 0.6) is 0 Å². The average Bonchev–Trinajstić information content (AvgIpc) is 3.82. The van der Waals surface area contributed by atoms with Crippen molar-refractivity contribution in [1.29, 1.82) is 0 Å². The standard InChI is InChI=1S/C49H89N13O11/c1-12-20-33(57-47(72)40(30(9)63)61-46(71)39(29(8)14-3)60-44(69)37(27(5)6)55-32(11)65)42(67)59-38(28(7)13-2)45(70)58-35(22-18-25-54-49(50)51)48(73)62-26-19-23-36(62)43(68)56-34(41(66)52-15-4)21-16-17-24-53-31(10)64/h27-30,33-40,63H,12-26H2,1-11H3,(H,52,66)(H,53,64)(H,55,65)(H,56,68)(H,57,72)(H,58,70)(H,59,67)(H,60,69)(H,61,71)(H4,50,51,54)/t28-,29-,30+,33-,34-,35-,36-,37-,38-,39+,40-/m0/s1. The Morgan fingerprint density at radius 3 is 1.63 bits per heavy atom. The number of rotatable bonds is 33. The fourth-order valence-electron chi connectivity index (χ4n) is 8.22. The number of amides is 10. The minimum atomic E-state index is -1.59. The Bertz CT molecular complexity index is 1880. The van der Waals surface area contributed by atoms with E-state index in [1.807, 2.05) is 0 Å². The summed E-state index contributed by atoms with van der Waals surface area (Å²) in [6.45, 7) is 19.0. The second-order valence-electron chi connectivity index (χ2n) is 19.4. The molecular formula is C49H89N13O11. The van der Waals surface area contributed by atoms with Crippen LogP contribution < -0.4 is 59.3 Å². The first-order valence-corrected chi connectivity index (χ1v) is 26.0. The van der Waals surface area contributed by atoms with E-state index in [2.05, 4.69) is 52.8 Å². The van der Waals surface area contributed by atoms with Gasteiger partial charge in [0.05, 0.1) is 6.10 Å². The molecule has 1 aliphatic heterocycles. The maximum absolute atomic E-state index is 14.5. The number of carbonyl (C=O) groups is 10. The van der Waals surface area contributed by atoms with Crippen molar-refractivity contribution in [3.8, 4) is 0 Å². The second-order valence-corrected chi connectivity index (χ2v) is 19.4. The van der Waals surface area contributed by atoms with E-state index in [0.717, 1.165) is 0 Å². The maximum Gasteiger partial charge on any atom is 0.245 e. The molecule has 0 saturated carbocycles. The van der Waals surface area contributed by atoms with Crippen LogP contribution in [0.25, 0.3) is 0 Å². The van der Waals surface area contributed by atoms with Crippen LogP contribution >= 0.6 is 0 Å². The Morgan fingerprint density at radius 1 is 0.589 bits per heavy atom. The number of carbonyl (C=O) groups excluding carboxylic acids is 10. The highest BCUT2D eigenvalue weighted by molar-refractivity contribution is 5.98. The summed E-state index contributed by atoms with van der Waals surface area (Å²) in [7, 11) is 0. The smallest absolute Gasteiger partial charge is 0.245 e. The molecule has 416 valence electrons. The molecule has 10 amide bonds. The van der Waals surface area contributed by atoms with Gasteiger partial charge in [-0.3, -0.25) is 52.9 Å². The van der Waals surface area contributed by atoms with Gasteiger partial charge in [0.2, 0.25) is 59.1 Å². The van der Waals surface area contributed by atoms with Crippen LogP contribution in [0.3, 0.4) is 0 Å². The third-order valence-corrected chi connectivity index (χ3v) is 12.8. The molecule has 1 saturated heterocycles. The summed E-state index contributed by atoms with van der Waals surface area (Å²) < 4.78 is 0. The fraction of sp³-hybridized carbons (Fsp3) is 0.776. The van der Waals surface area contributed by atoms with E-state index in [0.29, 0.717) is 58.0 Å². The second kappa shape index (κ2) is 33.6. The molecule has 73 heavy (non-hydrogen) atoms. The van der Waals surface area contributed by atoms with Gasteiger partial charge in [-0.05, 0) is 83.0 Å². The molecule has 0 spiro atoms. The number of guanidine groups is 1. The van der Waals surface area contributed by atoms with Crippen LogP contribution in [0.15, 0.2) is 4.99 Å². The predicted octanol–water partition coefficient (Wildman–Crippen LogP) is -1.18. The number of hydrogen-bond acceptors (Lipinski definition) is 12. The van der Waals surface area contributed by atoms with Crippen molar-refractivity contribution in [3.05, 3.63) is 0 Å². The van der Waals surface area contributed by atoms with Gasteiger partial charge in [-0.15, -0.1) is 0 Å². The summed E-state index contributed by atoms with van der Waals surface area (Å²) in [6.07, 6.45) is 2.24. The van der Waals surface area contributed by atoms with Gasteiger partial charge in [-0.1, -0.05) is 67.7 Å². The Hall–Kier alpha value is -6.07. The normalized spacial score (nSPS) is 17.3. The van der Waals surface area contributed by atoms with Crippen LogP contribution in [-0.2, 0) is 47.9 Å². The summed E-state index contributed by atoms with van der Waals surface area (Å²) in [6, 6.07) is -9.28. The van der Waals surface area contributed by atoms with Crippen molar-refractivity contribution in [3.63, 3.8) is 0 Å². The third kappa shape index (κ3) is 22.7. The number of likely N-dealkylation sites (tertiary alicyclic amines) is 1. The molecule has 11 atom stereocenters. The molecule has 0 unspecified atom stereocenters. The van der Waals surface area contributed by atoms with E-state index >= 15 is 0 Å². The molecule has 0 aromatic carbocycles. The fourth-order valence-corrected chi connectivity index (χ4v) is 8.22. The van der Waals surface area contributed by atoms with Crippen molar-refractivity contribution < 1.29 is 53.1 Å². The van der Waals surface area contributed by atoms with Crippen LogP contribution in [0.2, 0.25) is 0 Å². The number of nitrogens with zero attached hydrogens (tertiary/aromatic N) is 2. The minimum absolute atomic E-state index is 0.0410. The summed E-state index contributed by atoms with van der Waals surface area (Å²) in [5.74, 6) is -7.34. The molecule has 0 aliphatic carbocycles. The molecule has 14 N–H and O–H groups in total. The number of nitrogens with one attached hydrogen (secondary N) is 9. The number of hydrogen-bond donors (Lipinski definition) is 12. The van der Waals surface area contributed by atoms with Gasteiger partial charge in [0.1, 0.15) is 48.3 Å². The van der Waals surface area contributed by atoms with Gasteiger partial charge < -0.3 is 69.3 Å². The first-order valence-electron chi connectivity index (χ1n) is 26.0.